The van der Waals surface area contributed by atoms with Crippen LogP contribution in [0.2, 0.25) is 0 Å². The Morgan fingerprint density at radius 3 is 2.89 bits per heavy atom. The normalized spacial score (nSPS) is 11.1. The Hall–Kier alpha value is -3.13. The third-order valence-electron chi connectivity index (χ3n) is 4.17. The second-order valence-corrected chi connectivity index (χ2v) is 7.06. The van der Waals surface area contributed by atoms with Crippen molar-refractivity contribution in [1.82, 2.24) is 20.2 Å². The number of thioether (sulfide) groups is 1. The third-order valence-corrected chi connectivity index (χ3v) is 5.09. The number of aromatic nitrogens is 4. The molecule has 0 N–H and O–H groups in total. The number of nitrogens with zero attached hydrogens (tertiary/aromatic N) is 4. The fourth-order valence-corrected chi connectivity index (χ4v) is 3.77. The van der Waals surface area contributed by atoms with Gasteiger partial charge in [-0.15, -0.1) is 5.10 Å². The number of furan rings is 1. The van der Waals surface area contributed by atoms with Gasteiger partial charge in [0.1, 0.15) is 16.9 Å². The Morgan fingerprint density at radius 1 is 1.21 bits per heavy atom. The van der Waals surface area contributed by atoms with Crippen LogP contribution in [0, 0.1) is 6.92 Å². The van der Waals surface area contributed by atoms with Crippen LogP contribution in [-0.2, 0) is 10.5 Å². The van der Waals surface area contributed by atoms with Crippen LogP contribution in [-0.4, -0.2) is 32.8 Å². The molecule has 28 heavy (non-hydrogen) atoms. The van der Waals surface area contributed by atoms with E-state index < -0.39 is 0 Å². The summed E-state index contributed by atoms with van der Waals surface area (Å²) in [4.78, 5) is 12.5. The van der Waals surface area contributed by atoms with E-state index in [1.807, 2.05) is 55.5 Å². The number of tetrazole rings is 1. The summed E-state index contributed by atoms with van der Waals surface area (Å²) in [6, 6.07) is 15.4. The van der Waals surface area contributed by atoms with Crippen molar-refractivity contribution < 1.29 is 13.9 Å². The molecule has 0 saturated heterocycles. The maximum absolute atomic E-state index is 12.5. The largest absolute Gasteiger partial charge is 0.462 e. The molecule has 2 aromatic heterocycles. The zero-order valence-corrected chi connectivity index (χ0v) is 16.3. The highest BCUT2D eigenvalue weighted by atomic mass is 32.2. The van der Waals surface area contributed by atoms with Crippen molar-refractivity contribution >= 4 is 28.7 Å². The van der Waals surface area contributed by atoms with E-state index in [0.717, 1.165) is 16.6 Å². The Balaban J connectivity index is 1.65. The molecule has 0 fully saturated rings. The lowest BCUT2D eigenvalue weighted by Gasteiger charge is -2.05. The summed E-state index contributed by atoms with van der Waals surface area (Å²) in [5, 5.41) is 13.3. The quantitative estimate of drug-likeness (QED) is 0.358. The molecule has 2 heterocycles. The van der Waals surface area contributed by atoms with Crippen LogP contribution in [0.4, 0.5) is 0 Å². The predicted octanol–water partition coefficient (Wildman–Crippen LogP) is 4.19. The molecule has 4 rings (SSSR count). The van der Waals surface area contributed by atoms with E-state index >= 15 is 0 Å². The number of para-hydroxylation sites is 1. The van der Waals surface area contributed by atoms with Crippen LogP contribution in [0.5, 0.6) is 0 Å². The van der Waals surface area contributed by atoms with E-state index in [0.29, 0.717) is 34.4 Å². The highest BCUT2D eigenvalue weighted by molar-refractivity contribution is 7.98. The summed E-state index contributed by atoms with van der Waals surface area (Å²) >= 11 is 1.40. The zero-order valence-electron chi connectivity index (χ0n) is 15.5. The molecule has 0 amide bonds. The summed E-state index contributed by atoms with van der Waals surface area (Å²) in [6.07, 6.45) is 0. The summed E-state index contributed by atoms with van der Waals surface area (Å²) < 4.78 is 12.8. The first-order chi connectivity index (χ1) is 13.7. The van der Waals surface area contributed by atoms with Crippen LogP contribution >= 0.6 is 11.8 Å². The molecular weight excluding hydrogens is 376 g/mol. The summed E-state index contributed by atoms with van der Waals surface area (Å²) in [6.45, 7) is 4.10. The van der Waals surface area contributed by atoms with Crippen LogP contribution < -0.4 is 0 Å². The van der Waals surface area contributed by atoms with Crippen molar-refractivity contribution in [3.05, 3.63) is 65.4 Å². The van der Waals surface area contributed by atoms with E-state index in [4.69, 9.17) is 9.15 Å². The maximum atomic E-state index is 12.5. The molecule has 0 aliphatic rings. The lowest BCUT2D eigenvalue weighted by Crippen LogP contribution is -2.06. The van der Waals surface area contributed by atoms with Crippen molar-refractivity contribution in [2.45, 2.75) is 24.8 Å². The lowest BCUT2D eigenvalue weighted by atomic mass is 10.1. The van der Waals surface area contributed by atoms with Gasteiger partial charge in [0.05, 0.1) is 18.0 Å². The fourth-order valence-electron chi connectivity index (χ4n) is 2.95. The highest BCUT2D eigenvalue weighted by Crippen LogP contribution is 2.31. The minimum atomic E-state index is -0.388. The number of carbonyl (C=O) groups excluding carboxylic acids is 1. The third kappa shape index (κ3) is 3.50. The van der Waals surface area contributed by atoms with Gasteiger partial charge in [-0.25, -0.2) is 4.79 Å². The zero-order chi connectivity index (χ0) is 19.5. The Labute approximate surface area is 165 Å². The van der Waals surface area contributed by atoms with Gasteiger partial charge in [0, 0.05) is 5.39 Å². The summed E-state index contributed by atoms with van der Waals surface area (Å²) in [7, 11) is 0. The number of rotatable bonds is 6. The van der Waals surface area contributed by atoms with Crippen LogP contribution in [0.15, 0.2) is 58.1 Å². The number of ether oxygens (including phenoxy) is 1. The molecule has 0 aliphatic carbocycles. The van der Waals surface area contributed by atoms with E-state index in [1.165, 1.54) is 11.8 Å². The number of carbonyl (C=O) groups is 1. The molecule has 4 aromatic rings. The van der Waals surface area contributed by atoms with E-state index in [-0.39, 0.29) is 5.97 Å². The molecule has 0 atom stereocenters. The van der Waals surface area contributed by atoms with Crippen molar-refractivity contribution in [2.24, 2.45) is 0 Å². The number of hydrogen-bond donors (Lipinski definition) is 0. The van der Waals surface area contributed by atoms with Crippen molar-refractivity contribution in [3.63, 3.8) is 0 Å². The monoisotopic (exact) mass is 394 g/mol. The molecule has 8 heteroatoms. The first-order valence-electron chi connectivity index (χ1n) is 8.83. The standard InChI is InChI=1S/C20H18N4O3S/c1-3-26-19(25)18-15-9-4-5-10-16(15)27-17(18)12-28-20-21-22-23-24(20)14-8-6-7-13(2)11-14/h4-11H,3,12H2,1-2H3. The molecule has 0 spiro atoms. The van der Waals surface area contributed by atoms with Crippen LogP contribution in [0.3, 0.4) is 0 Å². The molecule has 0 radical (unpaired) electrons. The highest BCUT2D eigenvalue weighted by Gasteiger charge is 2.22. The van der Waals surface area contributed by atoms with Gasteiger partial charge in [-0.1, -0.05) is 42.1 Å². The van der Waals surface area contributed by atoms with Gasteiger partial charge in [-0.2, -0.15) is 4.68 Å². The molecular formula is C20H18N4O3S. The lowest BCUT2D eigenvalue weighted by molar-refractivity contribution is 0.0526. The van der Waals surface area contributed by atoms with Crippen molar-refractivity contribution in [1.29, 1.82) is 0 Å². The molecule has 0 unspecified atom stereocenters. The maximum Gasteiger partial charge on any atom is 0.342 e. The molecule has 2 aromatic carbocycles. The summed E-state index contributed by atoms with van der Waals surface area (Å²) in [5.41, 5.74) is 3.10. The number of esters is 1. The average Bonchev–Trinajstić information content (AvgIpc) is 3.30. The Bertz CT molecular complexity index is 1140. The van der Waals surface area contributed by atoms with Gasteiger partial charge < -0.3 is 9.15 Å². The number of benzene rings is 2. The van der Waals surface area contributed by atoms with E-state index in [9.17, 15) is 4.79 Å². The number of hydrogen-bond acceptors (Lipinski definition) is 7. The van der Waals surface area contributed by atoms with E-state index in [1.54, 1.807) is 11.6 Å². The van der Waals surface area contributed by atoms with Gasteiger partial charge in [0.25, 0.3) is 0 Å². The van der Waals surface area contributed by atoms with Gasteiger partial charge in [-0.3, -0.25) is 0 Å². The van der Waals surface area contributed by atoms with Crippen LogP contribution in [0.1, 0.15) is 28.6 Å². The molecule has 0 bridgehead atoms. The first kappa shape index (κ1) is 18.2. The molecule has 0 aliphatic heterocycles. The second-order valence-electron chi connectivity index (χ2n) is 6.12. The molecule has 7 nitrogen and oxygen atoms in total. The van der Waals surface area contributed by atoms with Gasteiger partial charge >= 0.3 is 5.97 Å². The predicted molar refractivity (Wildman–Crippen MR) is 106 cm³/mol. The van der Waals surface area contributed by atoms with Gasteiger partial charge in [0.2, 0.25) is 5.16 Å². The minimum absolute atomic E-state index is 0.302. The number of aryl methyl sites for hydroxylation is 1. The SMILES string of the molecule is CCOC(=O)c1c(CSc2nnnn2-c2cccc(C)c2)oc2ccccc12. The topological polar surface area (TPSA) is 83.0 Å². The number of fused-ring (bicyclic) bond motifs is 1. The van der Waals surface area contributed by atoms with Crippen molar-refractivity contribution in [2.75, 3.05) is 6.61 Å². The fraction of sp³-hybridized carbons (Fsp3) is 0.200. The summed E-state index contributed by atoms with van der Waals surface area (Å²) in [5.74, 6) is 0.555. The Kier molecular flexibility index (Phi) is 5.12. The van der Waals surface area contributed by atoms with Crippen LogP contribution in [0.25, 0.3) is 16.7 Å². The van der Waals surface area contributed by atoms with Crippen molar-refractivity contribution in [3.8, 4) is 5.69 Å². The Morgan fingerprint density at radius 2 is 2.07 bits per heavy atom. The van der Waals surface area contributed by atoms with Gasteiger partial charge in [0.15, 0.2) is 0 Å². The minimum Gasteiger partial charge on any atom is -0.462 e. The average molecular weight is 394 g/mol. The first-order valence-corrected chi connectivity index (χ1v) is 9.81. The van der Waals surface area contributed by atoms with E-state index in [2.05, 4.69) is 15.5 Å². The second kappa shape index (κ2) is 7.85. The van der Waals surface area contributed by atoms with Gasteiger partial charge in [-0.05, 0) is 48.0 Å². The molecule has 142 valence electrons. The molecule has 0 saturated carbocycles. The smallest absolute Gasteiger partial charge is 0.342 e.